The van der Waals surface area contributed by atoms with Crippen LogP contribution >= 0.6 is 15.9 Å². The first-order valence-electron chi connectivity index (χ1n) is 7.63. The molecular weight excluding hydrogens is 378 g/mol. The minimum Gasteiger partial charge on any atom is -0.326 e. The zero-order valence-corrected chi connectivity index (χ0v) is 14.4. The summed E-state index contributed by atoms with van der Waals surface area (Å²) < 4.78 is 0. The van der Waals surface area contributed by atoms with E-state index in [9.17, 15) is 19.2 Å². The third-order valence-electron chi connectivity index (χ3n) is 4.18. The quantitative estimate of drug-likeness (QED) is 0.592. The van der Waals surface area contributed by atoms with Crippen molar-refractivity contribution in [1.82, 2.24) is 10.2 Å². The summed E-state index contributed by atoms with van der Waals surface area (Å²) in [6.07, 6.45) is 0.857. The lowest BCUT2D eigenvalue weighted by molar-refractivity contribution is -0.137. The molecular formula is C16H16BrN3O4. The Balaban J connectivity index is 1.83. The number of nitrogens with zero attached hydrogens (tertiary/aromatic N) is 1. The number of rotatable bonds is 4. The molecule has 24 heavy (non-hydrogen) atoms. The van der Waals surface area contributed by atoms with Gasteiger partial charge in [0.05, 0.1) is 0 Å². The van der Waals surface area contributed by atoms with Crippen molar-refractivity contribution in [2.75, 3.05) is 10.6 Å². The fourth-order valence-electron chi connectivity index (χ4n) is 3.00. The van der Waals surface area contributed by atoms with Crippen LogP contribution in [0.15, 0.2) is 18.2 Å². The number of carbonyl (C=O) groups is 4. The van der Waals surface area contributed by atoms with Gasteiger partial charge in [-0.3, -0.25) is 24.5 Å². The van der Waals surface area contributed by atoms with Crippen molar-refractivity contribution >= 4 is 45.2 Å². The number of nitrogens with one attached hydrogen (secondary N) is 2. The van der Waals surface area contributed by atoms with E-state index >= 15 is 0 Å². The Morgan fingerprint density at radius 2 is 2.12 bits per heavy atom. The van der Waals surface area contributed by atoms with Crippen LogP contribution in [0.4, 0.5) is 5.69 Å². The van der Waals surface area contributed by atoms with Crippen molar-refractivity contribution in [3.8, 4) is 0 Å². The highest BCUT2D eigenvalue weighted by Crippen LogP contribution is 2.32. The molecule has 2 N–H and O–H groups in total. The van der Waals surface area contributed by atoms with Crippen LogP contribution < -0.4 is 10.6 Å². The number of halogens is 1. The standard InChI is InChI=1S/C16H16BrN3O4/c17-7-6-14(22)18-11-3-1-2-9-10(11)8-20(16(9)24)12-4-5-13(21)19-15(12)23/h1-3,12H,4-8H2,(H,18,22)(H,19,21,23). The Morgan fingerprint density at radius 1 is 1.33 bits per heavy atom. The van der Waals surface area contributed by atoms with Gasteiger partial charge in [-0.05, 0) is 18.6 Å². The number of carbonyl (C=O) groups excluding carboxylic acids is 4. The molecule has 0 spiro atoms. The van der Waals surface area contributed by atoms with Gasteiger partial charge in [-0.15, -0.1) is 0 Å². The highest BCUT2D eigenvalue weighted by atomic mass is 79.9. The maximum absolute atomic E-state index is 12.6. The van der Waals surface area contributed by atoms with Crippen molar-refractivity contribution < 1.29 is 19.2 Å². The first kappa shape index (κ1) is 16.6. The van der Waals surface area contributed by atoms with Crippen LogP contribution in [0.3, 0.4) is 0 Å². The van der Waals surface area contributed by atoms with E-state index in [1.807, 2.05) is 0 Å². The molecule has 8 heteroatoms. The zero-order chi connectivity index (χ0) is 17.3. The van der Waals surface area contributed by atoms with Gasteiger partial charge in [-0.1, -0.05) is 22.0 Å². The van der Waals surface area contributed by atoms with Crippen molar-refractivity contribution in [2.45, 2.75) is 31.8 Å². The number of anilines is 1. The molecule has 1 unspecified atom stereocenters. The Kier molecular flexibility index (Phi) is 4.66. The number of piperidine rings is 1. The van der Waals surface area contributed by atoms with E-state index in [0.29, 0.717) is 35.0 Å². The number of fused-ring (bicyclic) bond motifs is 1. The summed E-state index contributed by atoms with van der Waals surface area (Å²) >= 11 is 3.21. The number of hydrogen-bond acceptors (Lipinski definition) is 4. The van der Waals surface area contributed by atoms with E-state index in [4.69, 9.17) is 0 Å². The third-order valence-corrected chi connectivity index (χ3v) is 4.57. The molecule has 1 aromatic rings. The summed E-state index contributed by atoms with van der Waals surface area (Å²) in [6, 6.07) is 4.47. The highest BCUT2D eigenvalue weighted by molar-refractivity contribution is 9.09. The van der Waals surface area contributed by atoms with Crippen LogP contribution in [0.25, 0.3) is 0 Å². The Bertz CT molecular complexity index is 734. The van der Waals surface area contributed by atoms with Crippen molar-refractivity contribution in [3.63, 3.8) is 0 Å². The van der Waals surface area contributed by atoms with Gasteiger partial charge >= 0.3 is 0 Å². The molecule has 2 aliphatic heterocycles. The van der Waals surface area contributed by atoms with Gasteiger partial charge in [0.15, 0.2) is 0 Å². The molecule has 1 aromatic carbocycles. The fourth-order valence-corrected chi connectivity index (χ4v) is 3.36. The minimum atomic E-state index is -0.659. The van der Waals surface area contributed by atoms with Crippen LogP contribution in [-0.4, -0.2) is 39.9 Å². The van der Waals surface area contributed by atoms with Crippen LogP contribution in [0, 0.1) is 0 Å². The molecule has 1 fully saturated rings. The molecule has 3 rings (SSSR count). The van der Waals surface area contributed by atoms with Crippen LogP contribution in [-0.2, 0) is 20.9 Å². The molecule has 1 atom stereocenters. The van der Waals surface area contributed by atoms with E-state index in [0.717, 1.165) is 0 Å². The minimum absolute atomic E-state index is 0.146. The average molecular weight is 394 g/mol. The normalized spacial score (nSPS) is 20.0. The predicted molar refractivity (Wildman–Crippen MR) is 89.5 cm³/mol. The number of amides is 4. The lowest BCUT2D eigenvalue weighted by Gasteiger charge is -2.29. The lowest BCUT2D eigenvalue weighted by Crippen LogP contribution is -2.52. The Labute approximate surface area is 146 Å². The molecule has 1 saturated heterocycles. The Hall–Kier alpha value is -2.22. The summed E-state index contributed by atoms with van der Waals surface area (Å²) in [7, 11) is 0. The molecule has 0 aliphatic carbocycles. The third kappa shape index (κ3) is 3.06. The maximum atomic E-state index is 12.6. The summed E-state index contributed by atoms with van der Waals surface area (Å²) in [5.41, 5.74) is 1.77. The van der Waals surface area contributed by atoms with E-state index < -0.39 is 11.9 Å². The highest BCUT2D eigenvalue weighted by Gasteiger charge is 2.39. The zero-order valence-electron chi connectivity index (χ0n) is 12.8. The summed E-state index contributed by atoms with van der Waals surface area (Å²) in [4.78, 5) is 49.2. The smallest absolute Gasteiger partial charge is 0.255 e. The maximum Gasteiger partial charge on any atom is 0.255 e. The largest absolute Gasteiger partial charge is 0.326 e. The molecule has 0 bridgehead atoms. The van der Waals surface area contributed by atoms with Gasteiger partial charge in [0, 0.05) is 41.5 Å². The lowest BCUT2D eigenvalue weighted by atomic mass is 10.0. The Morgan fingerprint density at radius 3 is 2.83 bits per heavy atom. The van der Waals surface area contributed by atoms with Crippen LogP contribution in [0.2, 0.25) is 0 Å². The summed E-state index contributed by atoms with van der Waals surface area (Å²) in [5.74, 6) is -1.16. The molecule has 0 radical (unpaired) electrons. The summed E-state index contributed by atoms with van der Waals surface area (Å²) in [5, 5.41) is 5.62. The van der Waals surface area contributed by atoms with E-state index in [1.54, 1.807) is 18.2 Å². The molecule has 2 aliphatic rings. The van der Waals surface area contributed by atoms with Crippen LogP contribution in [0.1, 0.15) is 35.2 Å². The second kappa shape index (κ2) is 6.72. The molecule has 0 aromatic heterocycles. The second-order valence-corrected chi connectivity index (χ2v) is 6.51. The van der Waals surface area contributed by atoms with Gasteiger partial charge in [0.25, 0.3) is 5.91 Å². The SMILES string of the molecule is O=C1CCC(N2Cc3c(NC(=O)CCBr)cccc3C2=O)C(=O)N1. The first-order valence-corrected chi connectivity index (χ1v) is 8.75. The van der Waals surface area contributed by atoms with Crippen molar-refractivity contribution in [1.29, 1.82) is 0 Å². The number of hydrogen-bond donors (Lipinski definition) is 2. The molecule has 126 valence electrons. The van der Waals surface area contributed by atoms with Gasteiger partial charge in [-0.25, -0.2) is 0 Å². The monoisotopic (exact) mass is 393 g/mol. The van der Waals surface area contributed by atoms with Gasteiger partial charge in [0.2, 0.25) is 17.7 Å². The number of benzene rings is 1. The van der Waals surface area contributed by atoms with Crippen molar-refractivity contribution in [2.24, 2.45) is 0 Å². The topological polar surface area (TPSA) is 95.6 Å². The average Bonchev–Trinajstić information content (AvgIpc) is 2.86. The van der Waals surface area contributed by atoms with Crippen LogP contribution in [0.5, 0.6) is 0 Å². The van der Waals surface area contributed by atoms with Gasteiger partial charge in [0.1, 0.15) is 6.04 Å². The van der Waals surface area contributed by atoms with E-state index in [1.165, 1.54) is 4.90 Å². The summed E-state index contributed by atoms with van der Waals surface area (Å²) in [6.45, 7) is 0.241. The van der Waals surface area contributed by atoms with E-state index in [-0.39, 0.29) is 30.7 Å². The van der Waals surface area contributed by atoms with E-state index in [2.05, 4.69) is 26.6 Å². The molecule has 7 nitrogen and oxygen atoms in total. The van der Waals surface area contributed by atoms with Crippen molar-refractivity contribution in [3.05, 3.63) is 29.3 Å². The van der Waals surface area contributed by atoms with Gasteiger partial charge in [-0.2, -0.15) is 0 Å². The fraction of sp³-hybridized carbons (Fsp3) is 0.375. The molecule has 2 heterocycles. The molecule has 4 amide bonds. The molecule has 0 saturated carbocycles. The first-order chi connectivity index (χ1) is 11.5. The number of imide groups is 1. The predicted octanol–water partition coefficient (Wildman–Crippen LogP) is 1.17. The number of alkyl halides is 1. The van der Waals surface area contributed by atoms with Gasteiger partial charge < -0.3 is 10.2 Å². The second-order valence-electron chi connectivity index (χ2n) is 5.72.